The molecule has 1 aromatic carbocycles. The van der Waals surface area contributed by atoms with Crippen LogP contribution in [0.25, 0.3) is 0 Å². The zero-order valence-electron chi connectivity index (χ0n) is 10.2. The molecule has 0 spiro atoms. The first-order valence-electron chi connectivity index (χ1n) is 5.87. The molecule has 0 heterocycles. The number of rotatable bonds is 5. The van der Waals surface area contributed by atoms with E-state index < -0.39 is 0 Å². The number of ether oxygens (including phenoxy) is 2. The van der Waals surface area contributed by atoms with E-state index >= 15 is 0 Å². The molecular weight excluding hydrogens is 282 g/mol. The minimum atomic E-state index is -0.0160. The summed E-state index contributed by atoms with van der Waals surface area (Å²) in [4.78, 5) is 0. The van der Waals surface area contributed by atoms with Crippen molar-refractivity contribution < 1.29 is 9.47 Å². The van der Waals surface area contributed by atoms with Crippen molar-refractivity contribution in [2.75, 3.05) is 13.7 Å². The van der Waals surface area contributed by atoms with E-state index in [1.165, 1.54) is 12.8 Å². The second-order valence-electron chi connectivity index (χ2n) is 4.58. The van der Waals surface area contributed by atoms with Crippen LogP contribution in [-0.4, -0.2) is 13.7 Å². The molecule has 0 saturated heterocycles. The van der Waals surface area contributed by atoms with Crippen LogP contribution in [0.3, 0.4) is 0 Å². The van der Waals surface area contributed by atoms with Crippen LogP contribution >= 0.6 is 15.9 Å². The quantitative estimate of drug-likeness (QED) is 0.907. The molecule has 17 heavy (non-hydrogen) atoms. The van der Waals surface area contributed by atoms with Crippen LogP contribution in [0.1, 0.15) is 31.4 Å². The highest BCUT2D eigenvalue weighted by atomic mass is 79.9. The van der Waals surface area contributed by atoms with Gasteiger partial charge in [-0.1, -0.05) is 0 Å². The van der Waals surface area contributed by atoms with Crippen LogP contribution < -0.4 is 15.2 Å². The summed E-state index contributed by atoms with van der Waals surface area (Å²) in [6.45, 7) is 2.72. The lowest BCUT2D eigenvalue weighted by molar-refractivity contribution is 0.278. The molecule has 0 bridgehead atoms. The number of hydrogen-bond donors (Lipinski definition) is 1. The van der Waals surface area contributed by atoms with Crippen molar-refractivity contribution in [1.29, 1.82) is 0 Å². The molecule has 0 aliphatic heterocycles. The van der Waals surface area contributed by atoms with Gasteiger partial charge in [0.2, 0.25) is 0 Å². The zero-order chi connectivity index (χ0) is 12.4. The summed E-state index contributed by atoms with van der Waals surface area (Å²) < 4.78 is 12.1. The van der Waals surface area contributed by atoms with E-state index in [1.54, 1.807) is 7.11 Å². The third kappa shape index (κ3) is 3.13. The first kappa shape index (κ1) is 12.7. The van der Waals surface area contributed by atoms with Gasteiger partial charge in [-0.3, -0.25) is 0 Å². The number of halogens is 1. The Bertz CT molecular complexity index is 403. The zero-order valence-corrected chi connectivity index (χ0v) is 11.8. The van der Waals surface area contributed by atoms with Crippen molar-refractivity contribution in [3.8, 4) is 11.5 Å². The topological polar surface area (TPSA) is 44.5 Å². The molecule has 2 rings (SSSR count). The van der Waals surface area contributed by atoms with E-state index in [0.29, 0.717) is 0 Å². The van der Waals surface area contributed by atoms with Crippen molar-refractivity contribution in [1.82, 2.24) is 0 Å². The molecule has 1 aliphatic rings. The number of nitrogens with two attached hydrogens (primary N) is 1. The lowest BCUT2D eigenvalue weighted by Crippen LogP contribution is -2.07. The lowest BCUT2D eigenvalue weighted by atomic mass is 10.1. The normalized spacial score (nSPS) is 16.7. The van der Waals surface area contributed by atoms with Crippen LogP contribution in [0.15, 0.2) is 16.6 Å². The molecule has 0 amide bonds. The highest BCUT2D eigenvalue weighted by molar-refractivity contribution is 9.10. The van der Waals surface area contributed by atoms with Crippen molar-refractivity contribution in [2.45, 2.75) is 25.8 Å². The molecule has 1 atom stereocenters. The minimum Gasteiger partial charge on any atom is -0.493 e. The van der Waals surface area contributed by atoms with Crippen LogP contribution in [0.2, 0.25) is 0 Å². The Morgan fingerprint density at radius 3 is 2.71 bits per heavy atom. The van der Waals surface area contributed by atoms with Gasteiger partial charge < -0.3 is 15.2 Å². The molecule has 1 aliphatic carbocycles. The van der Waals surface area contributed by atoms with Gasteiger partial charge in [0.05, 0.1) is 18.2 Å². The monoisotopic (exact) mass is 299 g/mol. The summed E-state index contributed by atoms with van der Waals surface area (Å²) in [7, 11) is 1.65. The largest absolute Gasteiger partial charge is 0.493 e. The first-order valence-corrected chi connectivity index (χ1v) is 6.67. The third-order valence-corrected chi connectivity index (χ3v) is 3.53. The van der Waals surface area contributed by atoms with Crippen molar-refractivity contribution in [3.63, 3.8) is 0 Å². The van der Waals surface area contributed by atoms with Gasteiger partial charge >= 0.3 is 0 Å². The average molecular weight is 300 g/mol. The Labute approximate surface area is 110 Å². The molecular formula is C13H18BrNO2. The fourth-order valence-electron chi connectivity index (χ4n) is 1.63. The van der Waals surface area contributed by atoms with Gasteiger partial charge in [0, 0.05) is 6.04 Å². The fraction of sp³-hybridized carbons (Fsp3) is 0.538. The number of hydrogen-bond acceptors (Lipinski definition) is 3. The van der Waals surface area contributed by atoms with E-state index in [9.17, 15) is 0 Å². The maximum atomic E-state index is 5.87. The van der Waals surface area contributed by atoms with Gasteiger partial charge in [-0.05, 0) is 59.3 Å². The van der Waals surface area contributed by atoms with Gasteiger partial charge in [-0.15, -0.1) is 0 Å². The molecule has 1 fully saturated rings. The molecule has 0 aromatic heterocycles. The SMILES string of the molecule is COc1cc(C(C)N)cc(Br)c1OCC1CC1. The maximum absolute atomic E-state index is 5.87. The fourth-order valence-corrected chi connectivity index (χ4v) is 2.20. The average Bonchev–Trinajstić information content (AvgIpc) is 3.10. The summed E-state index contributed by atoms with van der Waals surface area (Å²) in [5, 5.41) is 0. The highest BCUT2D eigenvalue weighted by Crippen LogP contribution is 2.39. The molecule has 94 valence electrons. The van der Waals surface area contributed by atoms with Gasteiger partial charge in [-0.25, -0.2) is 0 Å². The Kier molecular flexibility index (Phi) is 3.94. The molecule has 1 unspecified atom stereocenters. The molecule has 1 saturated carbocycles. The maximum Gasteiger partial charge on any atom is 0.175 e. The molecule has 3 nitrogen and oxygen atoms in total. The van der Waals surface area contributed by atoms with E-state index in [-0.39, 0.29) is 6.04 Å². The molecule has 2 N–H and O–H groups in total. The Balaban J connectivity index is 2.22. The predicted molar refractivity (Wildman–Crippen MR) is 71.5 cm³/mol. The molecule has 4 heteroatoms. The van der Waals surface area contributed by atoms with Gasteiger partial charge in [0.15, 0.2) is 11.5 Å². The first-order chi connectivity index (χ1) is 8.11. The van der Waals surface area contributed by atoms with Crippen molar-refractivity contribution in [2.24, 2.45) is 11.7 Å². The van der Waals surface area contributed by atoms with Gasteiger partial charge in [-0.2, -0.15) is 0 Å². The number of benzene rings is 1. The van der Waals surface area contributed by atoms with E-state index in [0.717, 1.165) is 34.1 Å². The van der Waals surface area contributed by atoms with E-state index in [1.807, 2.05) is 19.1 Å². The molecule has 0 radical (unpaired) electrons. The second-order valence-corrected chi connectivity index (χ2v) is 5.43. The van der Waals surface area contributed by atoms with Crippen LogP contribution in [-0.2, 0) is 0 Å². The van der Waals surface area contributed by atoms with E-state index in [4.69, 9.17) is 15.2 Å². The Morgan fingerprint density at radius 1 is 1.47 bits per heavy atom. The number of methoxy groups -OCH3 is 1. The van der Waals surface area contributed by atoms with Crippen molar-refractivity contribution in [3.05, 3.63) is 22.2 Å². The van der Waals surface area contributed by atoms with Crippen molar-refractivity contribution >= 4 is 15.9 Å². The third-order valence-electron chi connectivity index (χ3n) is 2.94. The minimum absolute atomic E-state index is 0.0160. The van der Waals surface area contributed by atoms with Crippen LogP contribution in [0.5, 0.6) is 11.5 Å². The predicted octanol–water partition coefficient (Wildman–Crippen LogP) is 3.27. The highest BCUT2D eigenvalue weighted by Gasteiger charge is 2.23. The summed E-state index contributed by atoms with van der Waals surface area (Å²) in [5.74, 6) is 2.25. The molecule has 1 aromatic rings. The smallest absolute Gasteiger partial charge is 0.175 e. The standard InChI is InChI=1S/C13H18BrNO2/c1-8(15)10-5-11(14)13(12(6-10)16-2)17-7-9-3-4-9/h5-6,8-9H,3-4,7,15H2,1-2H3. The summed E-state index contributed by atoms with van der Waals surface area (Å²) in [6, 6.07) is 3.92. The second kappa shape index (κ2) is 5.27. The summed E-state index contributed by atoms with van der Waals surface area (Å²) in [5.41, 5.74) is 6.91. The van der Waals surface area contributed by atoms with Gasteiger partial charge in [0.25, 0.3) is 0 Å². The lowest BCUT2D eigenvalue weighted by Gasteiger charge is -2.15. The van der Waals surface area contributed by atoms with Crippen LogP contribution in [0, 0.1) is 5.92 Å². The summed E-state index contributed by atoms with van der Waals surface area (Å²) in [6.07, 6.45) is 2.55. The Morgan fingerprint density at radius 2 is 2.18 bits per heavy atom. The Hall–Kier alpha value is -0.740. The van der Waals surface area contributed by atoms with E-state index in [2.05, 4.69) is 15.9 Å². The van der Waals surface area contributed by atoms with Crippen LogP contribution in [0.4, 0.5) is 0 Å². The summed E-state index contributed by atoms with van der Waals surface area (Å²) >= 11 is 3.52. The van der Waals surface area contributed by atoms with Gasteiger partial charge in [0.1, 0.15) is 0 Å².